The van der Waals surface area contributed by atoms with Crippen molar-refractivity contribution in [2.45, 2.75) is 64.7 Å². The molecule has 0 nitrogen and oxygen atoms in total. The Labute approximate surface area is 319 Å². The Morgan fingerprint density at radius 3 is 1.37 bits per heavy atom. The number of hydrogen-bond donors (Lipinski definition) is 0. The summed E-state index contributed by atoms with van der Waals surface area (Å²) in [6.07, 6.45) is 0. The van der Waals surface area contributed by atoms with E-state index in [1.54, 1.807) is 0 Å². The molecule has 8 aromatic carbocycles. The summed E-state index contributed by atoms with van der Waals surface area (Å²) in [5.41, 5.74) is 23.0. The third-order valence-electron chi connectivity index (χ3n) is 13.3. The van der Waals surface area contributed by atoms with Gasteiger partial charge in [-0.3, -0.25) is 0 Å². The molecular weight excluding hydrogens is 649 g/mol. The summed E-state index contributed by atoms with van der Waals surface area (Å²) in [6, 6.07) is 53.8. The Morgan fingerprint density at radius 2 is 0.833 bits per heavy atom. The van der Waals surface area contributed by atoms with Gasteiger partial charge in [-0.25, -0.2) is 0 Å². The Bertz CT molecular complexity index is 2960. The van der Waals surface area contributed by atoms with Crippen LogP contribution in [-0.4, -0.2) is 0 Å². The average Bonchev–Trinajstić information content (AvgIpc) is 3.71. The van der Waals surface area contributed by atoms with Gasteiger partial charge in [0.25, 0.3) is 0 Å². The Kier molecular flexibility index (Phi) is 6.17. The van der Waals surface area contributed by atoms with Crippen LogP contribution in [0.25, 0.3) is 88.3 Å². The summed E-state index contributed by atoms with van der Waals surface area (Å²) >= 11 is 0. The van der Waals surface area contributed by atoms with E-state index in [0.29, 0.717) is 0 Å². The molecule has 54 heavy (non-hydrogen) atoms. The van der Waals surface area contributed by atoms with Crippen molar-refractivity contribution < 1.29 is 0 Å². The van der Waals surface area contributed by atoms with Crippen molar-refractivity contribution in [3.63, 3.8) is 0 Å². The summed E-state index contributed by atoms with van der Waals surface area (Å²) in [7, 11) is 0. The third kappa shape index (κ3) is 4.04. The van der Waals surface area contributed by atoms with Crippen LogP contribution in [0.4, 0.5) is 0 Å². The first-order valence-electron chi connectivity index (χ1n) is 19.6. The normalized spacial score (nSPS) is 15.2. The van der Waals surface area contributed by atoms with Crippen molar-refractivity contribution in [1.82, 2.24) is 0 Å². The lowest BCUT2D eigenvalue weighted by molar-refractivity contribution is 0.591. The number of rotatable bonds is 2. The van der Waals surface area contributed by atoms with Crippen molar-refractivity contribution in [3.05, 3.63) is 167 Å². The van der Waals surface area contributed by atoms with Crippen LogP contribution in [0.1, 0.15) is 76.3 Å². The number of hydrogen-bond acceptors (Lipinski definition) is 0. The van der Waals surface area contributed by atoms with E-state index in [4.69, 9.17) is 0 Å². The molecule has 0 saturated heterocycles. The van der Waals surface area contributed by atoms with E-state index in [9.17, 15) is 0 Å². The summed E-state index contributed by atoms with van der Waals surface area (Å²) in [4.78, 5) is 0. The second-order valence-corrected chi connectivity index (χ2v) is 18.1. The van der Waals surface area contributed by atoms with Crippen molar-refractivity contribution in [2.75, 3.05) is 0 Å². The van der Waals surface area contributed by atoms with Crippen molar-refractivity contribution in [1.29, 1.82) is 0 Å². The molecule has 0 aliphatic heterocycles. The first-order valence-corrected chi connectivity index (χ1v) is 19.6. The van der Waals surface area contributed by atoms with E-state index in [-0.39, 0.29) is 16.2 Å². The second-order valence-electron chi connectivity index (χ2n) is 18.1. The highest BCUT2D eigenvalue weighted by Gasteiger charge is 2.39. The second kappa shape index (κ2) is 10.5. The zero-order chi connectivity index (χ0) is 36.9. The number of fused-ring (bicyclic) bond motifs is 10. The molecule has 3 aliphatic carbocycles. The predicted molar refractivity (Wildman–Crippen MR) is 231 cm³/mol. The van der Waals surface area contributed by atoms with Crippen LogP contribution < -0.4 is 0 Å². The molecule has 11 rings (SSSR count). The minimum atomic E-state index is -0.0853. The monoisotopic (exact) mass is 692 g/mol. The van der Waals surface area contributed by atoms with Gasteiger partial charge in [0.2, 0.25) is 0 Å². The molecule has 0 saturated carbocycles. The molecular formula is C54H44. The van der Waals surface area contributed by atoms with Crippen LogP contribution in [0, 0.1) is 0 Å². The minimum absolute atomic E-state index is 0.00718. The molecule has 0 N–H and O–H groups in total. The molecule has 260 valence electrons. The fourth-order valence-corrected chi connectivity index (χ4v) is 10.6. The summed E-state index contributed by atoms with van der Waals surface area (Å²) in [6.45, 7) is 16.6. The SMILES string of the molecule is CC(C)(C)c1cc2c3c(cccc3c1)-c1c-2c(-c2ccc3c(c2)C(C)(C)c2ccccc2-3)c2ccccc2c1-c1ccc2c(c1)C(C)(C)c1ccccc1-2. The van der Waals surface area contributed by atoms with Crippen LogP contribution in [0.15, 0.2) is 140 Å². The minimum Gasteiger partial charge on any atom is -0.0619 e. The van der Waals surface area contributed by atoms with Gasteiger partial charge >= 0.3 is 0 Å². The van der Waals surface area contributed by atoms with E-state index in [0.717, 1.165) is 0 Å². The van der Waals surface area contributed by atoms with Gasteiger partial charge in [-0.05, 0) is 140 Å². The maximum atomic E-state index is 2.53. The topological polar surface area (TPSA) is 0 Å². The lowest BCUT2D eigenvalue weighted by Crippen LogP contribution is -2.15. The molecule has 0 radical (unpaired) electrons. The van der Waals surface area contributed by atoms with Crippen LogP contribution in [0.3, 0.4) is 0 Å². The number of benzene rings is 8. The lowest BCUT2D eigenvalue weighted by Gasteiger charge is -2.25. The van der Waals surface area contributed by atoms with Gasteiger partial charge in [-0.1, -0.05) is 170 Å². The molecule has 0 bridgehead atoms. The Morgan fingerprint density at radius 1 is 0.370 bits per heavy atom. The molecule has 0 aromatic heterocycles. The van der Waals surface area contributed by atoms with Crippen LogP contribution >= 0.6 is 0 Å². The van der Waals surface area contributed by atoms with E-state index in [1.165, 1.54) is 116 Å². The molecule has 0 atom stereocenters. The Balaban J connectivity index is 1.27. The van der Waals surface area contributed by atoms with E-state index < -0.39 is 0 Å². The predicted octanol–water partition coefficient (Wildman–Crippen LogP) is 14.9. The highest BCUT2D eigenvalue weighted by atomic mass is 14.4. The van der Waals surface area contributed by atoms with Crippen molar-refractivity contribution in [2.24, 2.45) is 0 Å². The fraction of sp³-hybridized carbons (Fsp3) is 0.185. The molecule has 0 unspecified atom stereocenters. The zero-order valence-corrected chi connectivity index (χ0v) is 32.3. The molecule has 0 amide bonds. The quantitative estimate of drug-likeness (QED) is 0.169. The van der Waals surface area contributed by atoms with E-state index in [2.05, 4.69) is 188 Å². The van der Waals surface area contributed by atoms with Gasteiger partial charge in [0.05, 0.1) is 0 Å². The molecule has 0 spiro atoms. The van der Waals surface area contributed by atoms with Crippen LogP contribution in [0.5, 0.6) is 0 Å². The maximum absolute atomic E-state index is 2.53. The Hall–Kier alpha value is -5.72. The first kappa shape index (κ1) is 31.8. The summed E-state index contributed by atoms with van der Waals surface area (Å²) < 4.78 is 0. The molecule has 0 fully saturated rings. The van der Waals surface area contributed by atoms with Crippen molar-refractivity contribution in [3.8, 4) is 66.8 Å². The molecule has 8 aromatic rings. The molecule has 0 heteroatoms. The summed E-state index contributed by atoms with van der Waals surface area (Å²) in [5, 5.41) is 5.32. The van der Waals surface area contributed by atoms with Gasteiger partial charge < -0.3 is 0 Å². The van der Waals surface area contributed by atoms with Crippen LogP contribution in [-0.2, 0) is 16.2 Å². The highest BCUT2D eigenvalue weighted by Crippen LogP contribution is 2.60. The smallest absolute Gasteiger partial charge is 0.0159 e. The van der Waals surface area contributed by atoms with Gasteiger partial charge in [0.15, 0.2) is 0 Å². The van der Waals surface area contributed by atoms with Gasteiger partial charge in [0.1, 0.15) is 0 Å². The van der Waals surface area contributed by atoms with Crippen molar-refractivity contribution >= 4 is 21.5 Å². The van der Waals surface area contributed by atoms with E-state index >= 15 is 0 Å². The average molecular weight is 693 g/mol. The summed E-state index contributed by atoms with van der Waals surface area (Å²) in [5.74, 6) is 0. The maximum Gasteiger partial charge on any atom is 0.0159 e. The van der Waals surface area contributed by atoms with Gasteiger partial charge in [-0.15, -0.1) is 0 Å². The highest BCUT2D eigenvalue weighted by molar-refractivity contribution is 6.27. The fourth-order valence-electron chi connectivity index (χ4n) is 10.6. The lowest BCUT2D eigenvalue weighted by atomic mass is 9.78. The first-order chi connectivity index (χ1) is 25.9. The molecule has 3 aliphatic rings. The van der Waals surface area contributed by atoms with Crippen LogP contribution in [0.2, 0.25) is 0 Å². The zero-order valence-electron chi connectivity index (χ0n) is 32.3. The van der Waals surface area contributed by atoms with Gasteiger partial charge in [-0.2, -0.15) is 0 Å². The van der Waals surface area contributed by atoms with Gasteiger partial charge in [0, 0.05) is 10.8 Å². The largest absolute Gasteiger partial charge is 0.0619 e. The standard InChI is InChI=1S/C54H44/c1-52(2,3)34-27-31-15-14-20-41-47(31)42(30-34)51-49(33-24-26-38-36-17-11-13-22-44(36)54(6,7)46(38)29-33)40-19-9-8-18-39(40)48(50(41)51)32-23-25-37-35-16-10-12-21-43(35)53(4,5)45(37)28-32/h8-30H,1-7H3. The molecule has 0 heterocycles. The third-order valence-corrected chi connectivity index (χ3v) is 13.3. The van der Waals surface area contributed by atoms with E-state index in [1.807, 2.05) is 0 Å².